The molecule has 1 aromatic rings. The van der Waals surface area contributed by atoms with Crippen molar-refractivity contribution in [2.24, 2.45) is 5.92 Å². The molecular formula is C18H27N3O. The molecule has 2 atom stereocenters. The fraction of sp³-hybridized carbons (Fsp3) is 0.611. The van der Waals surface area contributed by atoms with Crippen molar-refractivity contribution in [3.8, 4) is 0 Å². The fourth-order valence-corrected chi connectivity index (χ4v) is 3.49. The van der Waals surface area contributed by atoms with Gasteiger partial charge in [0.15, 0.2) is 0 Å². The van der Waals surface area contributed by atoms with E-state index in [-0.39, 0.29) is 11.9 Å². The zero-order chi connectivity index (χ0) is 15.4. The molecule has 2 aliphatic heterocycles. The molecule has 4 heteroatoms. The van der Waals surface area contributed by atoms with E-state index < -0.39 is 0 Å². The van der Waals surface area contributed by atoms with Crippen LogP contribution in [0.2, 0.25) is 0 Å². The number of likely N-dealkylation sites (tertiary alicyclic amines) is 1. The summed E-state index contributed by atoms with van der Waals surface area (Å²) >= 11 is 0. The first-order chi connectivity index (χ1) is 10.7. The van der Waals surface area contributed by atoms with E-state index in [2.05, 4.69) is 34.6 Å². The van der Waals surface area contributed by atoms with E-state index in [0.29, 0.717) is 5.92 Å². The lowest BCUT2D eigenvalue weighted by molar-refractivity contribution is 0.0914. The average molecular weight is 301 g/mol. The third-order valence-corrected chi connectivity index (χ3v) is 4.90. The Morgan fingerprint density at radius 1 is 1.36 bits per heavy atom. The van der Waals surface area contributed by atoms with Gasteiger partial charge in [0.2, 0.25) is 0 Å². The molecule has 2 N–H and O–H groups in total. The topological polar surface area (TPSA) is 44.4 Å². The minimum atomic E-state index is 0.0713. The highest BCUT2D eigenvalue weighted by atomic mass is 16.1. The molecular weight excluding hydrogens is 274 g/mol. The quantitative estimate of drug-likeness (QED) is 0.894. The number of nitrogens with zero attached hydrogens (tertiary/aromatic N) is 1. The number of nitrogens with one attached hydrogen (secondary N) is 2. The van der Waals surface area contributed by atoms with Gasteiger partial charge in [-0.2, -0.15) is 0 Å². The normalized spacial score (nSPS) is 26.0. The highest BCUT2D eigenvalue weighted by Crippen LogP contribution is 2.15. The van der Waals surface area contributed by atoms with Gasteiger partial charge in [-0.3, -0.25) is 9.69 Å². The fourth-order valence-electron chi connectivity index (χ4n) is 3.49. The minimum Gasteiger partial charge on any atom is -0.349 e. The van der Waals surface area contributed by atoms with Crippen molar-refractivity contribution < 1.29 is 4.79 Å². The van der Waals surface area contributed by atoms with Crippen molar-refractivity contribution in [2.75, 3.05) is 26.2 Å². The van der Waals surface area contributed by atoms with E-state index in [1.54, 1.807) is 0 Å². The lowest BCUT2D eigenvalue weighted by Gasteiger charge is -2.30. The molecule has 2 heterocycles. The average Bonchev–Trinajstić information content (AvgIpc) is 3.03. The molecule has 1 aromatic carbocycles. The summed E-state index contributed by atoms with van der Waals surface area (Å²) in [5.41, 5.74) is 2.04. The molecule has 2 unspecified atom stereocenters. The first-order valence-electron chi connectivity index (χ1n) is 8.55. The van der Waals surface area contributed by atoms with E-state index in [1.807, 2.05) is 12.1 Å². The molecule has 0 radical (unpaired) electrons. The van der Waals surface area contributed by atoms with Crippen LogP contribution in [0.25, 0.3) is 0 Å². The van der Waals surface area contributed by atoms with E-state index in [1.165, 1.54) is 31.5 Å². The zero-order valence-corrected chi connectivity index (χ0v) is 13.5. The van der Waals surface area contributed by atoms with Crippen LogP contribution in [0.4, 0.5) is 0 Å². The number of piperidine rings is 1. The summed E-state index contributed by atoms with van der Waals surface area (Å²) in [6.45, 7) is 7.50. The predicted molar refractivity (Wildman–Crippen MR) is 88.9 cm³/mol. The molecule has 0 aliphatic carbocycles. The highest BCUT2D eigenvalue weighted by Gasteiger charge is 2.23. The highest BCUT2D eigenvalue weighted by molar-refractivity contribution is 5.94. The summed E-state index contributed by atoms with van der Waals surface area (Å²) in [7, 11) is 0. The summed E-state index contributed by atoms with van der Waals surface area (Å²) in [5.74, 6) is 0.563. The maximum atomic E-state index is 12.5. The van der Waals surface area contributed by atoms with Crippen molar-refractivity contribution in [3.63, 3.8) is 0 Å². The molecule has 120 valence electrons. The SMILES string of the molecule is CC1CNCCC1NC(=O)c1cccc(CN2CCCC2)c1. The molecule has 22 heavy (non-hydrogen) atoms. The molecule has 2 aliphatic rings. The van der Waals surface area contributed by atoms with Crippen LogP contribution < -0.4 is 10.6 Å². The Morgan fingerprint density at radius 2 is 2.18 bits per heavy atom. The van der Waals surface area contributed by atoms with E-state index in [9.17, 15) is 4.79 Å². The molecule has 0 saturated carbocycles. The van der Waals surface area contributed by atoms with Crippen LogP contribution in [0.5, 0.6) is 0 Å². The number of rotatable bonds is 4. The van der Waals surface area contributed by atoms with Crippen molar-refractivity contribution >= 4 is 5.91 Å². The smallest absolute Gasteiger partial charge is 0.251 e. The number of hydrogen-bond acceptors (Lipinski definition) is 3. The van der Waals surface area contributed by atoms with Gasteiger partial charge in [0, 0.05) is 18.2 Å². The monoisotopic (exact) mass is 301 g/mol. The summed E-state index contributed by atoms with van der Waals surface area (Å²) < 4.78 is 0. The van der Waals surface area contributed by atoms with Crippen molar-refractivity contribution in [1.29, 1.82) is 0 Å². The van der Waals surface area contributed by atoms with Crippen molar-refractivity contribution in [2.45, 2.75) is 38.8 Å². The van der Waals surface area contributed by atoms with Crippen LogP contribution >= 0.6 is 0 Å². The summed E-state index contributed by atoms with van der Waals surface area (Å²) in [6, 6.07) is 8.40. The zero-order valence-electron chi connectivity index (χ0n) is 13.5. The second-order valence-electron chi connectivity index (χ2n) is 6.73. The van der Waals surface area contributed by atoms with Gasteiger partial charge in [-0.25, -0.2) is 0 Å². The molecule has 1 amide bonds. The van der Waals surface area contributed by atoms with Gasteiger partial charge in [0.25, 0.3) is 5.91 Å². The Hall–Kier alpha value is -1.39. The largest absolute Gasteiger partial charge is 0.349 e. The van der Waals surface area contributed by atoms with E-state index in [0.717, 1.165) is 31.6 Å². The summed E-state index contributed by atoms with van der Waals surface area (Å²) in [5, 5.41) is 6.58. The first kappa shape index (κ1) is 15.5. The van der Waals surface area contributed by atoms with Gasteiger partial charge in [0.05, 0.1) is 0 Å². The van der Waals surface area contributed by atoms with Gasteiger partial charge >= 0.3 is 0 Å². The Bertz CT molecular complexity index is 511. The Kier molecular flexibility index (Phi) is 5.11. The predicted octanol–water partition coefficient (Wildman–Crippen LogP) is 2.01. The molecule has 2 saturated heterocycles. The number of amides is 1. The summed E-state index contributed by atoms with van der Waals surface area (Å²) in [6.07, 6.45) is 3.61. The lowest BCUT2D eigenvalue weighted by atomic mass is 9.95. The third-order valence-electron chi connectivity index (χ3n) is 4.90. The summed E-state index contributed by atoms with van der Waals surface area (Å²) in [4.78, 5) is 15.0. The Morgan fingerprint density at radius 3 is 2.95 bits per heavy atom. The molecule has 3 rings (SSSR count). The standard InChI is InChI=1S/C18H27N3O/c1-14-12-19-8-7-17(14)20-18(22)16-6-4-5-15(11-16)13-21-9-2-3-10-21/h4-6,11,14,17,19H,2-3,7-10,12-13H2,1H3,(H,20,22). The third kappa shape index (κ3) is 3.87. The van der Waals surface area contributed by atoms with Crippen LogP contribution in [0.15, 0.2) is 24.3 Å². The number of benzene rings is 1. The van der Waals surface area contributed by atoms with Gasteiger partial charge in [0.1, 0.15) is 0 Å². The van der Waals surface area contributed by atoms with Crippen molar-refractivity contribution in [1.82, 2.24) is 15.5 Å². The van der Waals surface area contributed by atoms with Crippen LogP contribution in [0.1, 0.15) is 42.1 Å². The van der Waals surface area contributed by atoms with Crippen molar-refractivity contribution in [3.05, 3.63) is 35.4 Å². The van der Waals surface area contributed by atoms with Gasteiger partial charge in [-0.15, -0.1) is 0 Å². The molecule has 0 bridgehead atoms. The van der Waals surface area contributed by atoms with Gasteiger partial charge < -0.3 is 10.6 Å². The molecule has 4 nitrogen and oxygen atoms in total. The Balaban J connectivity index is 1.61. The maximum absolute atomic E-state index is 12.5. The number of carbonyl (C=O) groups is 1. The van der Waals surface area contributed by atoms with E-state index >= 15 is 0 Å². The minimum absolute atomic E-state index is 0.0713. The first-order valence-corrected chi connectivity index (χ1v) is 8.55. The molecule has 2 fully saturated rings. The van der Waals surface area contributed by atoms with Crippen LogP contribution in [-0.4, -0.2) is 43.0 Å². The number of hydrogen-bond donors (Lipinski definition) is 2. The van der Waals surface area contributed by atoms with Crippen LogP contribution in [0, 0.1) is 5.92 Å². The number of carbonyl (C=O) groups excluding carboxylic acids is 1. The van der Waals surface area contributed by atoms with Crippen LogP contribution in [-0.2, 0) is 6.54 Å². The second kappa shape index (κ2) is 7.25. The molecule has 0 aromatic heterocycles. The Labute approximate surface area is 133 Å². The van der Waals surface area contributed by atoms with Gasteiger partial charge in [-0.05, 0) is 69.1 Å². The lowest BCUT2D eigenvalue weighted by Crippen LogP contribution is -2.48. The second-order valence-corrected chi connectivity index (χ2v) is 6.73. The maximum Gasteiger partial charge on any atom is 0.251 e. The van der Waals surface area contributed by atoms with Crippen LogP contribution in [0.3, 0.4) is 0 Å². The van der Waals surface area contributed by atoms with Gasteiger partial charge in [-0.1, -0.05) is 19.1 Å². The molecule has 0 spiro atoms. The van der Waals surface area contributed by atoms with E-state index in [4.69, 9.17) is 0 Å².